The van der Waals surface area contributed by atoms with Crippen LogP contribution in [0.25, 0.3) is 0 Å². The zero-order valence-corrected chi connectivity index (χ0v) is 10.6. The second kappa shape index (κ2) is 5.70. The first-order valence-electron chi connectivity index (χ1n) is 5.15. The van der Waals surface area contributed by atoms with Crippen LogP contribution in [0.15, 0.2) is 18.2 Å². The molecular formula is C12H17NO2S. The molecule has 0 heterocycles. The molecule has 1 aromatic carbocycles. The lowest BCUT2D eigenvalue weighted by Gasteiger charge is -2.13. The Bertz CT molecular complexity index is 377. The molecule has 0 bridgehead atoms. The summed E-state index contributed by atoms with van der Waals surface area (Å²) in [7, 11) is 1.60. The highest BCUT2D eigenvalue weighted by Gasteiger charge is 2.07. The molecule has 4 heteroatoms. The van der Waals surface area contributed by atoms with E-state index >= 15 is 0 Å². The van der Waals surface area contributed by atoms with Gasteiger partial charge in [-0.15, -0.1) is 0 Å². The first kappa shape index (κ1) is 12.8. The largest absolute Gasteiger partial charge is 0.493 e. The second-order valence-electron chi connectivity index (χ2n) is 3.93. The molecular weight excluding hydrogens is 222 g/mol. The summed E-state index contributed by atoms with van der Waals surface area (Å²) in [5.41, 5.74) is 6.33. The zero-order chi connectivity index (χ0) is 12.1. The molecule has 1 aromatic rings. The van der Waals surface area contributed by atoms with Crippen molar-refractivity contribution in [3.05, 3.63) is 23.8 Å². The molecule has 0 aliphatic rings. The number of rotatable bonds is 5. The van der Waals surface area contributed by atoms with Crippen molar-refractivity contribution in [1.29, 1.82) is 0 Å². The Morgan fingerprint density at radius 1 is 1.38 bits per heavy atom. The van der Waals surface area contributed by atoms with Gasteiger partial charge in [0.05, 0.1) is 13.7 Å². The number of hydrogen-bond acceptors (Lipinski definition) is 3. The number of thiocarbonyl (C=S) groups is 1. The molecule has 3 nitrogen and oxygen atoms in total. The fourth-order valence-electron chi connectivity index (χ4n) is 1.20. The second-order valence-corrected chi connectivity index (χ2v) is 4.37. The highest BCUT2D eigenvalue weighted by molar-refractivity contribution is 7.80. The third kappa shape index (κ3) is 3.38. The van der Waals surface area contributed by atoms with Crippen molar-refractivity contribution in [3.8, 4) is 11.5 Å². The summed E-state index contributed by atoms with van der Waals surface area (Å²) in [6, 6.07) is 5.45. The number of methoxy groups -OCH3 is 1. The van der Waals surface area contributed by atoms with Gasteiger partial charge >= 0.3 is 0 Å². The van der Waals surface area contributed by atoms with Crippen molar-refractivity contribution in [1.82, 2.24) is 0 Å². The van der Waals surface area contributed by atoms with Crippen LogP contribution in [0, 0.1) is 5.92 Å². The minimum absolute atomic E-state index is 0.355. The van der Waals surface area contributed by atoms with Crippen molar-refractivity contribution in [2.45, 2.75) is 13.8 Å². The highest BCUT2D eigenvalue weighted by Crippen LogP contribution is 2.28. The molecule has 0 atom stereocenters. The van der Waals surface area contributed by atoms with E-state index in [1.165, 1.54) is 0 Å². The number of benzene rings is 1. The van der Waals surface area contributed by atoms with Crippen molar-refractivity contribution in [2.75, 3.05) is 13.7 Å². The average Bonchev–Trinajstić information content (AvgIpc) is 2.25. The van der Waals surface area contributed by atoms with Gasteiger partial charge in [0.15, 0.2) is 11.5 Å². The van der Waals surface area contributed by atoms with E-state index in [9.17, 15) is 0 Å². The lowest BCUT2D eigenvalue weighted by atomic mass is 10.2. The molecule has 16 heavy (non-hydrogen) atoms. The van der Waals surface area contributed by atoms with Gasteiger partial charge in [-0.3, -0.25) is 0 Å². The van der Waals surface area contributed by atoms with Crippen molar-refractivity contribution >= 4 is 17.2 Å². The van der Waals surface area contributed by atoms with Crippen LogP contribution in [-0.2, 0) is 0 Å². The normalized spacial score (nSPS) is 10.2. The van der Waals surface area contributed by atoms with Gasteiger partial charge in [-0.1, -0.05) is 26.1 Å². The van der Waals surface area contributed by atoms with E-state index in [2.05, 4.69) is 13.8 Å². The van der Waals surface area contributed by atoms with Gasteiger partial charge in [-0.25, -0.2) is 0 Å². The lowest BCUT2D eigenvalue weighted by Crippen LogP contribution is -2.10. The van der Waals surface area contributed by atoms with Crippen LogP contribution in [0.3, 0.4) is 0 Å². The maximum Gasteiger partial charge on any atom is 0.161 e. The lowest BCUT2D eigenvalue weighted by molar-refractivity contribution is 0.257. The van der Waals surface area contributed by atoms with Gasteiger partial charge in [0.1, 0.15) is 4.99 Å². The molecule has 0 amide bonds. The molecule has 88 valence electrons. The van der Waals surface area contributed by atoms with Crippen LogP contribution < -0.4 is 15.2 Å². The Morgan fingerprint density at radius 3 is 2.56 bits per heavy atom. The predicted octanol–water partition coefficient (Wildman–Crippen LogP) is 2.36. The molecule has 0 aliphatic carbocycles. The van der Waals surface area contributed by atoms with Crippen LogP contribution in [0.1, 0.15) is 19.4 Å². The Balaban J connectivity index is 2.89. The summed E-state index contributed by atoms with van der Waals surface area (Å²) in [5.74, 6) is 1.85. The summed E-state index contributed by atoms with van der Waals surface area (Å²) < 4.78 is 10.8. The number of ether oxygens (including phenoxy) is 2. The van der Waals surface area contributed by atoms with E-state index in [1.54, 1.807) is 13.2 Å². The van der Waals surface area contributed by atoms with Crippen LogP contribution in [0.5, 0.6) is 11.5 Å². The maximum atomic E-state index is 5.62. The van der Waals surface area contributed by atoms with E-state index in [1.807, 2.05) is 12.1 Å². The molecule has 0 spiro atoms. The summed E-state index contributed by atoms with van der Waals surface area (Å²) in [6.45, 7) is 4.84. The van der Waals surface area contributed by atoms with E-state index in [4.69, 9.17) is 27.4 Å². The Labute approximate surface area is 102 Å². The van der Waals surface area contributed by atoms with Gasteiger partial charge in [0, 0.05) is 5.56 Å². The molecule has 0 aromatic heterocycles. The fraction of sp³-hybridized carbons (Fsp3) is 0.417. The molecule has 0 radical (unpaired) electrons. The quantitative estimate of drug-likeness (QED) is 0.801. The smallest absolute Gasteiger partial charge is 0.161 e. The first-order chi connectivity index (χ1) is 7.54. The van der Waals surface area contributed by atoms with E-state index in [-0.39, 0.29) is 0 Å². The van der Waals surface area contributed by atoms with Gasteiger partial charge in [0.25, 0.3) is 0 Å². The minimum Gasteiger partial charge on any atom is -0.493 e. The zero-order valence-electron chi connectivity index (χ0n) is 9.82. The third-order valence-electron chi connectivity index (χ3n) is 2.02. The van der Waals surface area contributed by atoms with Gasteiger partial charge in [-0.05, 0) is 24.1 Å². The molecule has 0 saturated heterocycles. The molecule has 1 rings (SSSR count). The predicted molar refractivity (Wildman–Crippen MR) is 69.2 cm³/mol. The van der Waals surface area contributed by atoms with Crippen molar-refractivity contribution in [2.24, 2.45) is 11.7 Å². The summed E-state index contributed by atoms with van der Waals surface area (Å²) in [6.07, 6.45) is 0. The Morgan fingerprint density at radius 2 is 2.06 bits per heavy atom. The van der Waals surface area contributed by atoms with Crippen LogP contribution in [0.2, 0.25) is 0 Å². The fourth-order valence-corrected chi connectivity index (χ4v) is 1.32. The highest BCUT2D eigenvalue weighted by atomic mass is 32.1. The van der Waals surface area contributed by atoms with Gasteiger partial charge in [0.2, 0.25) is 0 Å². The molecule has 0 aliphatic heterocycles. The van der Waals surface area contributed by atoms with Gasteiger partial charge < -0.3 is 15.2 Å². The van der Waals surface area contributed by atoms with Crippen molar-refractivity contribution in [3.63, 3.8) is 0 Å². The van der Waals surface area contributed by atoms with Crippen molar-refractivity contribution < 1.29 is 9.47 Å². The first-order valence-corrected chi connectivity index (χ1v) is 5.56. The van der Waals surface area contributed by atoms with E-state index in [0.717, 1.165) is 11.3 Å². The summed E-state index contributed by atoms with van der Waals surface area (Å²) in [4.78, 5) is 0.355. The summed E-state index contributed by atoms with van der Waals surface area (Å²) in [5, 5.41) is 0. The molecule has 2 N–H and O–H groups in total. The van der Waals surface area contributed by atoms with E-state index < -0.39 is 0 Å². The standard InChI is InChI=1S/C12H17NO2S/c1-8(2)7-15-10-5-4-9(12(13)16)6-11(10)14-3/h4-6,8H,7H2,1-3H3,(H2,13,16). The average molecular weight is 239 g/mol. The molecule has 0 fully saturated rings. The van der Waals surface area contributed by atoms with Crippen LogP contribution in [-0.4, -0.2) is 18.7 Å². The SMILES string of the molecule is COc1cc(C(N)=S)ccc1OCC(C)C. The number of nitrogens with two attached hydrogens (primary N) is 1. The Hall–Kier alpha value is -1.29. The Kier molecular flexibility index (Phi) is 4.55. The number of hydrogen-bond donors (Lipinski definition) is 1. The maximum absolute atomic E-state index is 5.62. The monoisotopic (exact) mass is 239 g/mol. The van der Waals surface area contributed by atoms with Gasteiger partial charge in [-0.2, -0.15) is 0 Å². The topological polar surface area (TPSA) is 44.5 Å². The molecule has 0 unspecified atom stereocenters. The van der Waals surface area contributed by atoms with E-state index in [0.29, 0.717) is 23.3 Å². The molecule has 0 saturated carbocycles. The third-order valence-corrected chi connectivity index (χ3v) is 2.26. The van der Waals surface area contributed by atoms with Crippen LogP contribution >= 0.6 is 12.2 Å². The summed E-state index contributed by atoms with van der Waals surface area (Å²) >= 11 is 4.90. The van der Waals surface area contributed by atoms with Crippen LogP contribution in [0.4, 0.5) is 0 Å². The minimum atomic E-state index is 0.355.